The maximum atomic E-state index is 9.26. The number of hydrogen-bond acceptors (Lipinski definition) is 3. The first-order chi connectivity index (χ1) is 8.81. The van der Waals surface area contributed by atoms with Crippen LogP contribution in [-0.2, 0) is 6.42 Å². The van der Waals surface area contributed by atoms with Crippen molar-refractivity contribution < 1.29 is 9.84 Å². The molecule has 2 rings (SSSR count). The molecule has 1 saturated carbocycles. The van der Waals surface area contributed by atoms with Gasteiger partial charge in [-0.05, 0) is 43.4 Å². The Kier molecular flexibility index (Phi) is 5.02. The largest absolute Gasteiger partial charge is 0.494 e. The van der Waals surface area contributed by atoms with Gasteiger partial charge in [0.15, 0.2) is 0 Å². The zero-order valence-corrected chi connectivity index (χ0v) is 11.1. The normalized spacial score (nSPS) is 16.6. The summed E-state index contributed by atoms with van der Waals surface area (Å²) in [5, 5.41) is 12.7. The predicted molar refractivity (Wildman–Crippen MR) is 73.0 cm³/mol. The summed E-state index contributed by atoms with van der Waals surface area (Å²) < 4.78 is 5.73. The number of ether oxygens (including phenoxy) is 1. The first-order valence-corrected chi connectivity index (χ1v) is 6.90. The molecule has 0 heterocycles. The molecule has 0 bridgehead atoms. The molecule has 2 N–H and O–H groups in total. The van der Waals surface area contributed by atoms with Gasteiger partial charge in [-0.15, -0.1) is 0 Å². The topological polar surface area (TPSA) is 41.5 Å². The molecule has 18 heavy (non-hydrogen) atoms. The molecule has 3 nitrogen and oxygen atoms in total. The van der Waals surface area contributed by atoms with Gasteiger partial charge in [-0.1, -0.05) is 19.1 Å². The quantitative estimate of drug-likeness (QED) is 0.741. The van der Waals surface area contributed by atoms with Crippen molar-refractivity contribution in [2.45, 2.75) is 44.7 Å². The molecule has 0 aliphatic heterocycles. The molecule has 1 aliphatic carbocycles. The SMILES string of the molecule is CCc1cccc(OCCC(CO)NC2CC2)c1. The molecule has 0 spiro atoms. The van der Waals surface area contributed by atoms with E-state index in [0.717, 1.165) is 18.6 Å². The van der Waals surface area contributed by atoms with Crippen molar-refractivity contribution in [2.75, 3.05) is 13.2 Å². The van der Waals surface area contributed by atoms with Gasteiger partial charge in [0.25, 0.3) is 0 Å². The van der Waals surface area contributed by atoms with Crippen molar-refractivity contribution >= 4 is 0 Å². The lowest BCUT2D eigenvalue weighted by molar-refractivity contribution is 0.207. The van der Waals surface area contributed by atoms with E-state index in [1.807, 2.05) is 12.1 Å². The third kappa shape index (κ3) is 4.31. The molecule has 1 aromatic rings. The summed E-state index contributed by atoms with van der Waals surface area (Å²) in [6.45, 7) is 2.98. The van der Waals surface area contributed by atoms with E-state index in [4.69, 9.17) is 4.74 Å². The molecule has 1 aromatic carbocycles. The number of rotatable bonds is 8. The fraction of sp³-hybridized carbons (Fsp3) is 0.600. The van der Waals surface area contributed by atoms with Crippen LogP contribution >= 0.6 is 0 Å². The Morgan fingerprint density at radius 1 is 1.44 bits per heavy atom. The van der Waals surface area contributed by atoms with Gasteiger partial charge in [0.1, 0.15) is 5.75 Å². The van der Waals surface area contributed by atoms with Crippen LogP contribution in [0.3, 0.4) is 0 Å². The molecule has 3 heteroatoms. The number of nitrogens with one attached hydrogen (secondary N) is 1. The summed E-state index contributed by atoms with van der Waals surface area (Å²) >= 11 is 0. The zero-order valence-electron chi connectivity index (χ0n) is 11.1. The van der Waals surface area contributed by atoms with Crippen molar-refractivity contribution in [3.63, 3.8) is 0 Å². The van der Waals surface area contributed by atoms with Gasteiger partial charge in [0.05, 0.1) is 13.2 Å². The van der Waals surface area contributed by atoms with Crippen LogP contribution in [-0.4, -0.2) is 30.4 Å². The minimum Gasteiger partial charge on any atom is -0.494 e. The van der Waals surface area contributed by atoms with E-state index in [2.05, 4.69) is 24.4 Å². The molecule has 0 radical (unpaired) electrons. The number of aliphatic hydroxyl groups excluding tert-OH is 1. The molecule has 1 fully saturated rings. The Hall–Kier alpha value is -1.06. The Balaban J connectivity index is 1.72. The van der Waals surface area contributed by atoms with Gasteiger partial charge in [0, 0.05) is 12.1 Å². The third-order valence-corrected chi connectivity index (χ3v) is 3.31. The van der Waals surface area contributed by atoms with Crippen molar-refractivity contribution in [1.82, 2.24) is 5.32 Å². The second kappa shape index (κ2) is 6.76. The first-order valence-electron chi connectivity index (χ1n) is 6.90. The van der Waals surface area contributed by atoms with E-state index >= 15 is 0 Å². The van der Waals surface area contributed by atoms with Crippen LogP contribution < -0.4 is 10.1 Å². The highest BCUT2D eigenvalue weighted by atomic mass is 16.5. The number of aryl methyl sites for hydroxylation is 1. The lowest BCUT2D eigenvalue weighted by Gasteiger charge is -2.16. The van der Waals surface area contributed by atoms with E-state index in [1.165, 1.54) is 18.4 Å². The number of aliphatic hydroxyl groups is 1. The van der Waals surface area contributed by atoms with Gasteiger partial charge in [-0.3, -0.25) is 0 Å². The van der Waals surface area contributed by atoms with E-state index in [1.54, 1.807) is 0 Å². The molecule has 0 amide bonds. The minimum absolute atomic E-state index is 0.173. The Morgan fingerprint density at radius 2 is 2.28 bits per heavy atom. The van der Waals surface area contributed by atoms with Crippen LogP contribution in [0.15, 0.2) is 24.3 Å². The maximum Gasteiger partial charge on any atom is 0.119 e. The predicted octanol–water partition coefficient (Wildman–Crippen LogP) is 2.13. The van der Waals surface area contributed by atoms with Crippen LogP contribution in [0.5, 0.6) is 5.75 Å². The summed E-state index contributed by atoms with van der Waals surface area (Å²) in [6, 6.07) is 9.01. The van der Waals surface area contributed by atoms with Gasteiger partial charge in [-0.25, -0.2) is 0 Å². The van der Waals surface area contributed by atoms with E-state index in [0.29, 0.717) is 12.6 Å². The number of hydrogen-bond donors (Lipinski definition) is 2. The van der Waals surface area contributed by atoms with E-state index in [-0.39, 0.29) is 12.6 Å². The molecule has 0 aromatic heterocycles. The van der Waals surface area contributed by atoms with Crippen LogP contribution in [0.2, 0.25) is 0 Å². The van der Waals surface area contributed by atoms with Gasteiger partial charge in [-0.2, -0.15) is 0 Å². The Bertz CT molecular complexity index is 363. The smallest absolute Gasteiger partial charge is 0.119 e. The summed E-state index contributed by atoms with van der Waals surface area (Å²) in [5.41, 5.74) is 1.29. The average molecular weight is 249 g/mol. The van der Waals surface area contributed by atoms with Gasteiger partial charge >= 0.3 is 0 Å². The highest BCUT2D eigenvalue weighted by Gasteiger charge is 2.23. The molecule has 0 saturated heterocycles. The molecule has 100 valence electrons. The summed E-state index contributed by atoms with van der Waals surface area (Å²) in [7, 11) is 0. The van der Waals surface area contributed by atoms with Crippen molar-refractivity contribution in [2.24, 2.45) is 0 Å². The molecule has 1 aliphatic rings. The van der Waals surface area contributed by atoms with Crippen molar-refractivity contribution in [1.29, 1.82) is 0 Å². The standard InChI is InChI=1S/C15H23NO2/c1-2-12-4-3-5-15(10-12)18-9-8-14(11-17)16-13-6-7-13/h3-5,10,13-14,16-17H,2,6-9,11H2,1H3. The fourth-order valence-corrected chi connectivity index (χ4v) is 1.98. The Labute approximate surface area is 109 Å². The molecular formula is C15H23NO2. The van der Waals surface area contributed by atoms with Crippen LogP contribution in [0, 0.1) is 0 Å². The fourth-order valence-electron chi connectivity index (χ4n) is 1.98. The third-order valence-electron chi connectivity index (χ3n) is 3.31. The van der Waals surface area contributed by atoms with Crippen LogP contribution in [0.1, 0.15) is 31.7 Å². The van der Waals surface area contributed by atoms with Gasteiger partial charge < -0.3 is 15.2 Å². The average Bonchev–Trinajstić information content (AvgIpc) is 3.22. The maximum absolute atomic E-state index is 9.26. The monoisotopic (exact) mass is 249 g/mol. The second-order valence-electron chi connectivity index (χ2n) is 4.96. The van der Waals surface area contributed by atoms with Crippen LogP contribution in [0.25, 0.3) is 0 Å². The summed E-state index contributed by atoms with van der Waals surface area (Å²) in [6.07, 6.45) is 4.37. The van der Waals surface area contributed by atoms with Crippen molar-refractivity contribution in [3.8, 4) is 5.75 Å². The summed E-state index contributed by atoms with van der Waals surface area (Å²) in [5.74, 6) is 0.928. The van der Waals surface area contributed by atoms with Crippen molar-refractivity contribution in [3.05, 3.63) is 29.8 Å². The highest BCUT2D eigenvalue weighted by Crippen LogP contribution is 2.20. The zero-order chi connectivity index (χ0) is 12.8. The first kappa shape index (κ1) is 13.4. The molecular weight excluding hydrogens is 226 g/mol. The van der Waals surface area contributed by atoms with E-state index < -0.39 is 0 Å². The molecule has 1 atom stereocenters. The number of benzene rings is 1. The minimum atomic E-state index is 0.173. The highest BCUT2D eigenvalue weighted by molar-refractivity contribution is 5.28. The van der Waals surface area contributed by atoms with E-state index in [9.17, 15) is 5.11 Å². The Morgan fingerprint density at radius 3 is 2.94 bits per heavy atom. The van der Waals surface area contributed by atoms with Gasteiger partial charge in [0.2, 0.25) is 0 Å². The lowest BCUT2D eigenvalue weighted by Crippen LogP contribution is -2.35. The second-order valence-corrected chi connectivity index (χ2v) is 4.96. The lowest BCUT2D eigenvalue weighted by atomic mass is 10.2. The van der Waals surface area contributed by atoms with Crippen LogP contribution in [0.4, 0.5) is 0 Å². The summed E-state index contributed by atoms with van der Waals surface area (Å²) in [4.78, 5) is 0. The molecule has 1 unspecified atom stereocenters.